The SMILES string of the molecule is COc1c(Cl)cc(C(N)=O)c2c1OCCCO2. The second-order valence-electron chi connectivity index (χ2n) is 3.51. The fraction of sp³-hybridized carbons (Fsp3) is 0.364. The zero-order valence-corrected chi connectivity index (χ0v) is 10.0. The van der Waals surface area contributed by atoms with E-state index in [4.69, 9.17) is 31.5 Å². The van der Waals surface area contributed by atoms with Crippen LogP contribution in [0, 0.1) is 0 Å². The monoisotopic (exact) mass is 257 g/mol. The van der Waals surface area contributed by atoms with Crippen LogP contribution in [0.5, 0.6) is 17.2 Å². The molecule has 0 unspecified atom stereocenters. The summed E-state index contributed by atoms with van der Waals surface area (Å²) in [6.07, 6.45) is 0.716. The van der Waals surface area contributed by atoms with Crippen LogP contribution in [0.1, 0.15) is 16.8 Å². The summed E-state index contributed by atoms with van der Waals surface area (Å²) >= 11 is 6.00. The van der Waals surface area contributed by atoms with E-state index in [0.717, 1.165) is 0 Å². The molecule has 0 radical (unpaired) electrons. The van der Waals surface area contributed by atoms with Crippen molar-refractivity contribution in [2.24, 2.45) is 5.73 Å². The topological polar surface area (TPSA) is 70.8 Å². The van der Waals surface area contributed by atoms with Crippen LogP contribution in [0.4, 0.5) is 0 Å². The van der Waals surface area contributed by atoms with Gasteiger partial charge >= 0.3 is 0 Å². The molecule has 0 atom stereocenters. The minimum atomic E-state index is -0.615. The number of nitrogens with two attached hydrogens (primary N) is 1. The minimum Gasteiger partial charge on any atom is -0.491 e. The summed E-state index contributed by atoms with van der Waals surface area (Å²) in [5.41, 5.74) is 5.48. The molecule has 0 aromatic heterocycles. The summed E-state index contributed by atoms with van der Waals surface area (Å²) in [6.45, 7) is 0.931. The molecular formula is C11H12ClNO4. The Morgan fingerprint density at radius 2 is 2.06 bits per heavy atom. The van der Waals surface area contributed by atoms with Gasteiger partial charge in [-0.05, 0) is 6.07 Å². The number of carbonyl (C=O) groups excluding carboxylic acids is 1. The number of halogens is 1. The molecule has 0 aliphatic carbocycles. The third-order valence-electron chi connectivity index (χ3n) is 2.40. The normalized spacial score (nSPS) is 14.0. The van der Waals surface area contributed by atoms with Gasteiger partial charge in [-0.15, -0.1) is 0 Å². The predicted octanol–water partition coefficient (Wildman–Crippen LogP) is 1.61. The number of rotatable bonds is 2. The molecule has 6 heteroatoms. The first kappa shape index (κ1) is 11.9. The predicted molar refractivity (Wildman–Crippen MR) is 62.1 cm³/mol. The number of methoxy groups -OCH3 is 1. The molecule has 0 spiro atoms. The largest absolute Gasteiger partial charge is 0.491 e. The van der Waals surface area contributed by atoms with E-state index in [2.05, 4.69) is 0 Å². The molecule has 1 aliphatic rings. The van der Waals surface area contributed by atoms with E-state index < -0.39 is 5.91 Å². The highest BCUT2D eigenvalue weighted by Crippen LogP contribution is 2.45. The van der Waals surface area contributed by atoms with Gasteiger partial charge in [-0.2, -0.15) is 0 Å². The highest BCUT2D eigenvalue weighted by molar-refractivity contribution is 6.33. The van der Waals surface area contributed by atoms with Crippen molar-refractivity contribution < 1.29 is 19.0 Å². The van der Waals surface area contributed by atoms with E-state index in [9.17, 15) is 4.79 Å². The summed E-state index contributed by atoms with van der Waals surface area (Å²) in [7, 11) is 1.47. The van der Waals surface area contributed by atoms with Crippen LogP contribution >= 0.6 is 11.6 Å². The average molecular weight is 258 g/mol. The number of carbonyl (C=O) groups is 1. The quantitative estimate of drug-likeness (QED) is 0.874. The van der Waals surface area contributed by atoms with Gasteiger partial charge in [0.05, 0.1) is 30.9 Å². The maximum Gasteiger partial charge on any atom is 0.252 e. The lowest BCUT2D eigenvalue weighted by atomic mass is 10.1. The molecule has 2 rings (SSSR count). The van der Waals surface area contributed by atoms with E-state index in [0.29, 0.717) is 36.9 Å². The van der Waals surface area contributed by atoms with Gasteiger partial charge in [-0.3, -0.25) is 4.79 Å². The molecule has 17 heavy (non-hydrogen) atoms. The third-order valence-corrected chi connectivity index (χ3v) is 2.68. The first-order valence-electron chi connectivity index (χ1n) is 5.11. The van der Waals surface area contributed by atoms with Gasteiger partial charge in [0.25, 0.3) is 5.91 Å². The number of fused-ring (bicyclic) bond motifs is 1. The zero-order valence-electron chi connectivity index (χ0n) is 9.29. The van der Waals surface area contributed by atoms with Gasteiger partial charge in [-0.25, -0.2) is 0 Å². The Balaban J connectivity index is 2.65. The van der Waals surface area contributed by atoms with E-state index in [1.54, 1.807) is 0 Å². The Labute approximate surface area is 103 Å². The van der Waals surface area contributed by atoms with Crippen LogP contribution in [0.3, 0.4) is 0 Å². The minimum absolute atomic E-state index is 0.202. The lowest BCUT2D eigenvalue weighted by Crippen LogP contribution is -2.13. The maximum absolute atomic E-state index is 11.3. The van der Waals surface area contributed by atoms with Crippen molar-refractivity contribution in [2.75, 3.05) is 20.3 Å². The Bertz CT molecular complexity index is 461. The van der Waals surface area contributed by atoms with Crippen LogP contribution < -0.4 is 19.9 Å². The summed E-state index contributed by atoms with van der Waals surface area (Å²) in [5, 5.41) is 0.269. The number of hydrogen-bond donors (Lipinski definition) is 1. The van der Waals surface area contributed by atoms with Crippen LogP contribution in [0.15, 0.2) is 6.07 Å². The van der Waals surface area contributed by atoms with Gasteiger partial charge in [0.15, 0.2) is 11.5 Å². The molecule has 5 nitrogen and oxygen atoms in total. The summed E-state index contributed by atoms with van der Waals surface area (Å²) in [4.78, 5) is 11.3. The van der Waals surface area contributed by atoms with Crippen LogP contribution in [0.25, 0.3) is 0 Å². The van der Waals surface area contributed by atoms with Crippen molar-refractivity contribution in [3.8, 4) is 17.2 Å². The fourth-order valence-electron chi connectivity index (χ4n) is 1.65. The Hall–Kier alpha value is -1.62. The summed E-state index contributed by atoms with van der Waals surface area (Å²) < 4.78 is 16.1. The number of amides is 1. The number of ether oxygens (including phenoxy) is 3. The van der Waals surface area contributed by atoms with Gasteiger partial charge in [0.2, 0.25) is 5.75 Å². The van der Waals surface area contributed by atoms with Gasteiger partial charge in [0, 0.05) is 6.42 Å². The molecule has 0 saturated heterocycles. The first-order chi connectivity index (χ1) is 8.15. The Morgan fingerprint density at radius 3 is 2.65 bits per heavy atom. The Morgan fingerprint density at radius 1 is 1.41 bits per heavy atom. The lowest BCUT2D eigenvalue weighted by molar-refractivity contribution is 0.0996. The Kier molecular flexibility index (Phi) is 3.28. The molecule has 0 fully saturated rings. The van der Waals surface area contributed by atoms with Gasteiger partial charge in [0.1, 0.15) is 0 Å². The van der Waals surface area contributed by atoms with Crippen LogP contribution in [-0.2, 0) is 0 Å². The molecule has 2 N–H and O–H groups in total. The average Bonchev–Trinajstić information content (AvgIpc) is 2.53. The number of primary amides is 1. The maximum atomic E-state index is 11.3. The van der Waals surface area contributed by atoms with E-state index >= 15 is 0 Å². The molecule has 1 aromatic rings. The van der Waals surface area contributed by atoms with Crippen LogP contribution in [0.2, 0.25) is 5.02 Å². The highest BCUT2D eigenvalue weighted by atomic mass is 35.5. The molecule has 1 aliphatic heterocycles. The van der Waals surface area contributed by atoms with Gasteiger partial charge < -0.3 is 19.9 Å². The molecule has 1 amide bonds. The second kappa shape index (κ2) is 4.71. The summed E-state index contributed by atoms with van der Waals surface area (Å²) in [5.74, 6) is 0.382. The van der Waals surface area contributed by atoms with E-state index in [1.807, 2.05) is 0 Å². The van der Waals surface area contributed by atoms with Crippen LogP contribution in [-0.4, -0.2) is 26.2 Å². The molecule has 1 heterocycles. The van der Waals surface area contributed by atoms with E-state index in [-0.39, 0.29) is 10.6 Å². The fourth-order valence-corrected chi connectivity index (χ4v) is 1.92. The second-order valence-corrected chi connectivity index (χ2v) is 3.92. The van der Waals surface area contributed by atoms with Crippen molar-refractivity contribution >= 4 is 17.5 Å². The molecular weight excluding hydrogens is 246 g/mol. The molecule has 1 aromatic carbocycles. The molecule has 0 bridgehead atoms. The smallest absolute Gasteiger partial charge is 0.252 e. The third kappa shape index (κ3) is 2.10. The summed E-state index contributed by atoms with van der Waals surface area (Å²) in [6, 6.07) is 1.43. The van der Waals surface area contributed by atoms with E-state index in [1.165, 1.54) is 13.2 Å². The standard InChI is InChI=1S/C11H12ClNO4/c1-15-9-7(12)5-6(11(13)14)8-10(9)17-4-2-3-16-8/h5H,2-4H2,1H3,(H2,13,14). The van der Waals surface area contributed by atoms with Crippen molar-refractivity contribution in [3.63, 3.8) is 0 Å². The lowest BCUT2D eigenvalue weighted by Gasteiger charge is -2.15. The van der Waals surface area contributed by atoms with Crippen molar-refractivity contribution in [1.82, 2.24) is 0 Å². The zero-order chi connectivity index (χ0) is 12.4. The van der Waals surface area contributed by atoms with Crippen molar-refractivity contribution in [3.05, 3.63) is 16.7 Å². The number of benzene rings is 1. The molecule has 0 saturated carbocycles. The van der Waals surface area contributed by atoms with Gasteiger partial charge in [-0.1, -0.05) is 11.6 Å². The molecule has 92 valence electrons. The van der Waals surface area contributed by atoms with Crippen molar-refractivity contribution in [1.29, 1.82) is 0 Å². The first-order valence-corrected chi connectivity index (χ1v) is 5.49. The number of hydrogen-bond acceptors (Lipinski definition) is 4. The highest BCUT2D eigenvalue weighted by Gasteiger charge is 2.25. The van der Waals surface area contributed by atoms with Crippen molar-refractivity contribution in [2.45, 2.75) is 6.42 Å².